The van der Waals surface area contributed by atoms with Gasteiger partial charge in [-0.05, 0) is 74.4 Å². The van der Waals surface area contributed by atoms with E-state index in [4.69, 9.17) is 23.2 Å². The van der Waals surface area contributed by atoms with Crippen molar-refractivity contribution in [3.63, 3.8) is 0 Å². The lowest BCUT2D eigenvalue weighted by atomic mass is 10.2. The molecule has 30 heavy (non-hydrogen) atoms. The lowest BCUT2D eigenvalue weighted by molar-refractivity contribution is 0.130. The predicted octanol–water partition coefficient (Wildman–Crippen LogP) is 4.27. The van der Waals surface area contributed by atoms with Crippen LogP contribution in [0.5, 0.6) is 0 Å². The highest BCUT2D eigenvalue weighted by molar-refractivity contribution is 6.30. The zero-order valence-corrected chi connectivity index (χ0v) is 19.3. The van der Waals surface area contributed by atoms with Gasteiger partial charge < -0.3 is 20.4 Å². The van der Waals surface area contributed by atoms with Gasteiger partial charge in [-0.3, -0.25) is 0 Å². The van der Waals surface area contributed by atoms with Crippen molar-refractivity contribution >= 4 is 23.2 Å². The molecule has 1 aliphatic heterocycles. The minimum Gasteiger partial charge on any atom is -0.313 e. The minimum absolute atomic E-state index is 0.798. The first-order valence-corrected chi connectivity index (χ1v) is 11.8. The lowest BCUT2D eigenvalue weighted by Gasteiger charge is -2.34. The number of hydrogen-bond donors (Lipinski definition) is 2. The van der Waals surface area contributed by atoms with Gasteiger partial charge in [-0.1, -0.05) is 47.5 Å². The summed E-state index contributed by atoms with van der Waals surface area (Å²) in [6.45, 7) is 11.1. The molecule has 4 nitrogen and oxygen atoms in total. The van der Waals surface area contributed by atoms with Gasteiger partial charge in [-0.25, -0.2) is 0 Å². The van der Waals surface area contributed by atoms with Gasteiger partial charge in [0.1, 0.15) is 0 Å². The van der Waals surface area contributed by atoms with E-state index in [0.29, 0.717) is 0 Å². The molecule has 2 N–H and O–H groups in total. The normalized spacial score (nSPS) is 15.5. The molecule has 6 heteroatoms. The van der Waals surface area contributed by atoms with Gasteiger partial charge in [0, 0.05) is 49.3 Å². The second-order valence-electron chi connectivity index (χ2n) is 8.00. The summed E-state index contributed by atoms with van der Waals surface area (Å²) < 4.78 is 0. The van der Waals surface area contributed by atoms with E-state index >= 15 is 0 Å². The summed E-state index contributed by atoms with van der Waals surface area (Å²) in [5.41, 5.74) is 2.58. The Morgan fingerprint density at radius 1 is 0.600 bits per heavy atom. The van der Waals surface area contributed by atoms with Gasteiger partial charge in [0.2, 0.25) is 0 Å². The van der Waals surface area contributed by atoms with Crippen molar-refractivity contribution in [1.29, 1.82) is 0 Å². The minimum atomic E-state index is 0.798. The fourth-order valence-corrected chi connectivity index (χ4v) is 4.01. The van der Waals surface area contributed by atoms with Crippen LogP contribution < -0.4 is 10.6 Å². The molecule has 2 aromatic rings. The van der Waals surface area contributed by atoms with Crippen LogP contribution in [-0.2, 0) is 13.1 Å². The third-order valence-corrected chi connectivity index (χ3v) is 6.11. The van der Waals surface area contributed by atoms with Gasteiger partial charge in [-0.15, -0.1) is 0 Å². The molecule has 0 aromatic heterocycles. The van der Waals surface area contributed by atoms with E-state index in [1.165, 1.54) is 63.2 Å². The fourth-order valence-electron chi connectivity index (χ4n) is 3.76. The standard InChI is InChI=1S/C24H34Cl2N4/c25-23-7-3-21(4-8-23)19-27-11-1-13-29-15-17-30(18-16-29)14-2-12-28-20-22-5-9-24(26)10-6-22/h3-10,27-28H,1-2,11-20H2. The summed E-state index contributed by atoms with van der Waals surface area (Å²) >= 11 is 11.9. The summed E-state index contributed by atoms with van der Waals surface area (Å²) in [6.07, 6.45) is 2.39. The van der Waals surface area contributed by atoms with Gasteiger partial charge >= 0.3 is 0 Å². The molecule has 0 saturated carbocycles. The molecule has 1 heterocycles. The van der Waals surface area contributed by atoms with Gasteiger partial charge in [0.15, 0.2) is 0 Å². The average Bonchev–Trinajstić information content (AvgIpc) is 2.77. The molecule has 164 valence electrons. The van der Waals surface area contributed by atoms with Crippen LogP contribution in [0.3, 0.4) is 0 Å². The maximum absolute atomic E-state index is 5.93. The Kier molecular flexibility index (Phi) is 10.4. The summed E-state index contributed by atoms with van der Waals surface area (Å²) in [5.74, 6) is 0. The van der Waals surface area contributed by atoms with Crippen molar-refractivity contribution in [2.24, 2.45) is 0 Å². The Balaban J connectivity index is 1.16. The van der Waals surface area contributed by atoms with Crippen LogP contribution in [0.15, 0.2) is 48.5 Å². The summed E-state index contributed by atoms with van der Waals surface area (Å²) in [4.78, 5) is 5.19. The Hall–Kier alpha value is -1.14. The highest BCUT2D eigenvalue weighted by Crippen LogP contribution is 2.10. The number of benzene rings is 2. The molecule has 1 saturated heterocycles. The average molecular weight is 449 g/mol. The lowest BCUT2D eigenvalue weighted by Crippen LogP contribution is -2.47. The van der Waals surface area contributed by atoms with Gasteiger partial charge in [0.05, 0.1) is 0 Å². The Labute approximate surface area is 191 Å². The van der Waals surface area contributed by atoms with Crippen LogP contribution in [0.25, 0.3) is 0 Å². The number of halogens is 2. The summed E-state index contributed by atoms with van der Waals surface area (Å²) in [7, 11) is 0. The van der Waals surface area contributed by atoms with Crippen LogP contribution in [0.1, 0.15) is 24.0 Å². The molecule has 0 radical (unpaired) electrons. The van der Waals surface area contributed by atoms with E-state index in [2.05, 4.69) is 44.7 Å². The monoisotopic (exact) mass is 448 g/mol. The Bertz CT molecular complexity index is 649. The van der Waals surface area contributed by atoms with Gasteiger partial charge in [-0.2, -0.15) is 0 Å². The molecule has 1 aliphatic rings. The second kappa shape index (κ2) is 13.3. The molecule has 0 atom stereocenters. The first kappa shape index (κ1) is 23.5. The topological polar surface area (TPSA) is 30.5 Å². The van der Waals surface area contributed by atoms with Crippen LogP contribution >= 0.6 is 23.2 Å². The summed E-state index contributed by atoms with van der Waals surface area (Å²) in [6, 6.07) is 16.1. The maximum atomic E-state index is 5.93. The molecule has 0 amide bonds. The van der Waals surface area contributed by atoms with Gasteiger partial charge in [0.25, 0.3) is 0 Å². The molecular weight excluding hydrogens is 415 g/mol. The zero-order chi connectivity index (χ0) is 21.0. The Morgan fingerprint density at radius 2 is 0.967 bits per heavy atom. The Morgan fingerprint density at radius 3 is 1.33 bits per heavy atom. The number of rotatable bonds is 12. The number of nitrogens with zero attached hydrogens (tertiary/aromatic N) is 2. The number of nitrogens with one attached hydrogen (secondary N) is 2. The van der Waals surface area contributed by atoms with Crippen LogP contribution in [0.4, 0.5) is 0 Å². The first-order valence-electron chi connectivity index (χ1n) is 11.0. The quantitative estimate of drug-likeness (QED) is 0.474. The van der Waals surface area contributed by atoms with E-state index in [9.17, 15) is 0 Å². The molecule has 1 fully saturated rings. The van der Waals surface area contributed by atoms with Crippen molar-refractivity contribution in [3.05, 3.63) is 69.7 Å². The second-order valence-corrected chi connectivity index (χ2v) is 8.87. The zero-order valence-electron chi connectivity index (χ0n) is 17.8. The first-order chi connectivity index (χ1) is 14.7. The van der Waals surface area contributed by atoms with Crippen molar-refractivity contribution < 1.29 is 0 Å². The van der Waals surface area contributed by atoms with E-state index in [-0.39, 0.29) is 0 Å². The van der Waals surface area contributed by atoms with Crippen LogP contribution in [-0.4, -0.2) is 62.2 Å². The highest BCUT2D eigenvalue weighted by Gasteiger charge is 2.15. The van der Waals surface area contributed by atoms with E-state index < -0.39 is 0 Å². The molecule has 2 aromatic carbocycles. The SMILES string of the molecule is Clc1ccc(CNCCCN2CCN(CCCNCc3ccc(Cl)cc3)CC2)cc1. The third kappa shape index (κ3) is 8.93. The smallest absolute Gasteiger partial charge is 0.0406 e. The van der Waals surface area contributed by atoms with Crippen molar-refractivity contribution in [2.75, 3.05) is 52.4 Å². The van der Waals surface area contributed by atoms with E-state index in [1.54, 1.807) is 0 Å². The van der Waals surface area contributed by atoms with Crippen molar-refractivity contribution in [1.82, 2.24) is 20.4 Å². The molecule has 0 bridgehead atoms. The van der Waals surface area contributed by atoms with E-state index in [0.717, 1.165) is 36.2 Å². The molecule has 3 rings (SSSR count). The number of hydrogen-bond acceptors (Lipinski definition) is 4. The molecule has 0 spiro atoms. The predicted molar refractivity (Wildman–Crippen MR) is 128 cm³/mol. The van der Waals surface area contributed by atoms with Crippen LogP contribution in [0.2, 0.25) is 10.0 Å². The molecule has 0 aliphatic carbocycles. The fraction of sp³-hybridized carbons (Fsp3) is 0.500. The van der Waals surface area contributed by atoms with Crippen molar-refractivity contribution in [2.45, 2.75) is 25.9 Å². The number of piperazine rings is 1. The summed E-state index contributed by atoms with van der Waals surface area (Å²) in [5, 5.41) is 8.66. The molecular formula is C24H34Cl2N4. The largest absolute Gasteiger partial charge is 0.313 e. The molecule has 0 unspecified atom stereocenters. The third-order valence-electron chi connectivity index (χ3n) is 5.61. The van der Waals surface area contributed by atoms with E-state index in [1.807, 2.05) is 24.3 Å². The van der Waals surface area contributed by atoms with Crippen molar-refractivity contribution in [3.8, 4) is 0 Å². The van der Waals surface area contributed by atoms with Crippen LogP contribution in [0, 0.1) is 0 Å². The maximum Gasteiger partial charge on any atom is 0.0406 e. The highest BCUT2D eigenvalue weighted by atomic mass is 35.5.